The molecule has 31 heavy (non-hydrogen) atoms. The van der Waals surface area contributed by atoms with Crippen molar-refractivity contribution in [1.29, 1.82) is 0 Å². The van der Waals surface area contributed by atoms with E-state index >= 15 is 0 Å². The van der Waals surface area contributed by atoms with Gasteiger partial charge in [-0.15, -0.1) is 0 Å². The number of para-hydroxylation sites is 1. The second-order valence-electron chi connectivity index (χ2n) is 6.99. The molecule has 0 unspecified atom stereocenters. The van der Waals surface area contributed by atoms with Crippen LogP contribution < -0.4 is 10.9 Å². The Morgan fingerprint density at radius 3 is 2.32 bits per heavy atom. The van der Waals surface area contributed by atoms with Crippen molar-refractivity contribution in [2.75, 3.05) is 6.61 Å². The highest BCUT2D eigenvalue weighted by molar-refractivity contribution is 6.30. The van der Waals surface area contributed by atoms with Crippen LogP contribution in [0, 0.1) is 20.8 Å². The van der Waals surface area contributed by atoms with Crippen molar-refractivity contribution in [3.8, 4) is 5.69 Å². The van der Waals surface area contributed by atoms with Gasteiger partial charge in [0.05, 0.1) is 5.56 Å². The van der Waals surface area contributed by atoms with E-state index in [4.69, 9.17) is 16.3 Å². The summed E-state index contributed by atoms with van der Waals surface area (Å²) in [6, 6.07) is 15.7. The molecule has 0 aliphatic carbocycles. The van der Waals surface area contributed by atoms with E-state index < -0.39 is 24.4 Å². The topological polar surface area (TPSA) is 89.4 Å². The van der Waals surface area contributed by atoms with Gasteiger partial charge in [0.1, 0.15) is 0 Å². The molecule has 0 atom stereocenters. The molecule has 0 fully saturated rings. The van der Waals surface area contributed by atoms with Gasteiger partial charge >= 0.3 is 5.97 Å². The summed E-state index contributed by atoms with van der Waals surface area (Å²) in [6.45, 7) is 5.18. The van der Waals surface area contributed by atoms with Crippen LogP contribution in [0.25, 0.3) is 5.69 Å². The molecule has 3 aromatic rings. The molecule has 7 nitrogen and oxygen atoms in total. The van der Waals surface area contributed by atoms with Gasteiger partial charge in [-0.1, -0.05) is 29.8 Å². The summed E-state index contributed by atoms with van der Waals surface area (Å²) in [5, 5.41) is 0.495. The Bertz CT molecular complexity index is 1140. The van der Waals surface area contributed by atoms with Gasteiger partial charge < -0.3 is 9.30 Å². The van der Waals surface area contributed by atoms with Gasteiger partial charge in [0.15, 0.2) is 6.61 Å². The predicted molar refractivity (Wildman–Crippen MR) is 117 cm³/mol. The monoisotopic (exact) mass is 439 g/mol. The second kappa shape index (κ2) is 9.49. The minimum atomic E-state index is -0.664. The van der Waals surface area contributed by atoms with Crippen LogP contribution in [0.4, 0.5) is 0 Å². The normalized spacial score (nSPS) is 10.5. The van der Waals surface area contributed by atoms with E-state index in [1.165, 1.54) is 12.1 Å². The number of carbonyl (C=O) groups is 3. The lowest BCUT2D eigenvalue weighted by atomic mass is 10.2. The SMILES string of the molecule is Cc1ccccc1-n1c(C)cc(C(=O)OCC(=O)NNC(=O)c2ccc(Cl)cc2)c1C. The number of hydrazine groups is 1. The Morgan fingerprint density at radius 1 is 0.968 bits per heavy atom. The maximum absolute atomic E-state index is 12.5. The van der Waals surface area contributed by atoms with Gasteiger partial charge in [-0.05, 0) is 62.7 Å². The molecule has 1 aromatic heterocycles. The van der Waals surface area contributed by atoms with Crippen LogP contribution >= 0.6 is 11.6 Å². The maximum Gasteiger partial charge on any atom is 0.340 e. The molecule has 0 saturated carbocycles. The number of rotatable bonds is 5. The third-order valence-corrected chi connectivity index (χ3v) is 5.02. The number of ether oxygens (including phenoxy) is 1. The van der Waals surface area contributed by atoms with Gasteiger partial charge in [0, 0.05) is 27.7 Å². The molecular formula is C23H22ClN3O4. The van der Waals surface area contributed by atoms with E-state index in [0.717, 1.165) is 16.9 Å². The standard InChI is InChI=1S/C23H22ClN3O4/c1-14-6-4-5-7-20(14)27-15(2)12-19(16(27)3)23(30)31-13-21(28)25-26-22(29)17-8-10-18(24)11-9-17/h4-12H,13H2,1-3H3,(H,25,28)(H,26,29). The lowest BCUT2D eigenvalue weighted by Gasteiger charge is -2.12. The summed E-state index contributed by atoms with van der Waals surface area (Å²) >= 11 is 5.78. The Labute approximate surface area is 184 Å². The molecule has 160 valence electrons. The molecule has 0 radical (unpaired) electrons. The third kappa shape index (κ3) is 5.13. The van der Waals surface area contributed by atoms with Crippen LogP contribution in [0.15, 0.2) is 54.6 Å². The molecule has 8 heteroatoms. The number of carbonyl (C=O) groups excluding carboxylic acids is 3. The minimum absolute atomic E-state index is 0.324. The predicted octanol–water partition coefficient (Wildman–Crippen LogP) is 3.67. The maximum atomic E-state index is 12.5. The van der Waals surface area contributed by atoms with E-state index in [2.05, 4.69) is 10.9 Å². The molecule has 2 N–H and O–H groups in total. The van der Waals surface area contributed by atoms with Gasteiger partial charge in [0.25, 0.3) is 11.8 Å². The van der Waals surface area contributed by atoms with Crippen LogP contribution in [0.1, 0.15) is 37.7 Å². The van der Waals surface area contributed by atoms with E-state index in [1.807, 2.05) is 49.6 Å². The fourth-order valence-electron chi connectivity index (χ4n) is 3.20. The summed E-state index contributed by atoms with van der Waals surface area (Å²) in [5.41, 5.74) is 8.80. The van der Waals surface area contributed by atoms with Gasteiger partial charge in [-0.25, -0.2) is 4.79 Å². The summed E-state index contributed by atoms with van der Waals surface area (Å²) in [4.78, 5) is 36.5. The third-order valence-electron chi connectivity index (χ3n) is 4.76. The minimum Gasteiger partial charge on any atom is -0.452 e. The van der Waals surface area contributed by atoms with Crippen LogP contribution in [-0.2, 0) is 9.53 Å². The Balaban J connectivity index is 1.59. The number of hydrogen-bond acceptors (Lipinski definition) is 4. The summed E-state index contributed by atoms with van der Waals surface area (Å²) in [7, 11) is 0. The Morgan fingerprint density at radius 2 is 1.65 bits per heavy atom. The number of hydrogen-bond donors (Lipinski definition) is 2. The number of aromatic nitrogens is 1. The first kappa shape index (κ1) is 22.1. The zero-order chi connectivity index (χ0) is 22.5. The molecule has 0 spiro atoms. The average molecular weight is 440 g/mol. The number of amides is 2. The highest BCUT2D eigenvalue weighted by atomic mass is 35.5. The molecule has 2 aromatic carbocycles. The van der Waals surface area contributed by atoms with Crippen molar-refractivity contribution in [3.05, 3.63) is 87.7 Å². The Kier molecular flexibility index (Phi) is 6.77. The van der Waals surface area contributed by atoms with Crippen molar-refractivity contribution in [2.24, 2.45) is 0 Å². The first-order valence-corrected chi connectivity index (χ1v) is 9.92. The number of esters is 1. The van der Waals surface area contributed by atoms with Crippen molar-refractivity contribution in [1.82, 2.24) is 15.4 Å². The molecule has 0 saturated heterocycles. The number of nitrogens with zero attached hydrogens (tertiary/aromatic N) is 1. The first-order valence-electron chi connectivity index (χ1n) is 9.54. The van der Waals surface area contributed by atoms with Crippen LogP contribution in [0.2, 0.25) is 5.02 Å². The zero-order valence-corrected chi connectivity index (χ0v) is 18.1. The fraction of sp³-hybridized carbons (Fsp3) is 0.174. The average Bonchev–Trinajstić information content (AvgIpc) is 3.05. The highest BCUT2D eigenvalue weighted by Crippen LogP contribution is 2.23. The molecule has 0 aliphatic heterocycles. The van der Waals surface area contributed by atoms with Gasteiger partial charge in [0.2, 0.25) is 0 Å². The highest BCUT2D eigenvalue weighted by Gasteiger charge is 2.19. The molecule has 3 rings (SSSR count). The van der Waals surface area contributed by atoms with E-state index in [1.54, 1.807) is 18.2 Å². The number of aryl methyl sites for hydroxylation is 2. The fourth-order valence-corrected chi connectivity index (χ4v) is 3.33. The largest absolute Gasteiger partial charge is 0.452 e. The van der Waals surface area contributed by atoms with Crippen molar-refractivity contribution in [3.63, 3.8) is 0 Å². The first-order chi connectivity index (χ1) is 14.8. The lowest BCUT2D eigenvalue weighted by molar-refractivity contribution is -0.125. The summed E-state index contributed by atoms with van der Waals surface area (Å²) in [6.07, 6.45) is 0. The Hall–Kier alpha value is -3.58. The quantitative estimate of drug-likeness (QED) is 0.469. The number of benzene rings is 2. The molecule has 2 amide bonds. The smallest absolute Gasteiger partial charge is 0.340 e. The van der Waals surface area contributed by atoms with E-state index in [-0.39, 0.29) is 0 Å². The van der Waals surface area contributed by atoms with E-state index in [0.29, 0.717) is 21.8 Å². The lowest BCUT2D eigenvalue weighted by Crippen LogP contribution is -2.43. The molecular weight excluding hydrogens is 418 g/mol. The van der Waals surface area contributed by atoms with Gasteiger partial charge in [-0.3, -0.25) is 20.4 Å². The van der Waals surface area contributed by atoms with Crippen molar-refractivity contribution >= 4 is 29.4 Å². The second-order valence-corrected chi connectivity index (χ2v) is 7.43. The number of nitrogens with one attached hydrogen (secondary N) is 2. The zero-order valence-electron chi connectivity index (χ0n) is 17.4. The molecule has 0 bridgehead atoms. The van der Waals surface area contributed by atoms with Crippen molar-refractivity contribution in [2.45, 2.75) is 20.8 Å². The van der Waals surface area contributed by atoms with Gasteiger partial charge in [-0.2, -0.15) is 0 Å². The van der Waals surface area contributed by atoms with Crippen molar-refractivity contribution < 1.29 is 19.1 Å². The summed E-state index contributed by atoms with van der Waals surface area (Å²) in [5.74, 6) is -1.80. The van der Waals surface area contributed by atoms with E-state index in [9.17, 15) is 14.4 Å². The molecule has 1 heterocycles. The summed E-state index contributed by atoms with van der Waals surface area (Å²) < 4.78 is 7.10. The molecule has 0 aliphatic rings. The van der Waals surface area contributed by atoms with Crippen LogP contribution in [0.3, 0.4) is 0 Å². The number of halogens is 1. The van der Waals surface area contributed by atoms with Crippen LogP contribution in [0.5, 0.6) is 0 Å². The van der Waals surface area contributed by atoms with Crippen LogP contribution in [-0.4, -0.2) is 29.0 Å².